The van der Waals surface area contributed by atoms with Gasteiger partial charge in [0.25, 0.3) is 0 Å². The van der Waals surface area contributed by atoms with Crippen LogP contribution < -0.4 is 10.2 Å². The number of rotatable bonds is 4. The minimum absolute atomic E-state index is 0.475. The molecule has 1 atom stereocenters. The standard InChI is InChI=1S/C15H25ClN4/c1-4-17-10-14-13(16)6-7-15(18-14)20-9-5-8-19(3)11-12(20)2/h6-7,12,17H,4-5,8-11H2,1-3H3. The van der Waals surface area contributed by atoms with Gasteiger partial charge in [0.15, 0.2) is 0 Å². The van der Waals surface area contributed by atoms with Crippen molar-refractivity contribution in [2.45, 2.75) is 32.9 Å². The Morgan fingerprint density at radius 1 is 1.40 bits per heavy atom. The van der Waals surface area contributed by atoms with Gasteiger partial charge >= 0.3 is 0 Å². The van der Waals surface area contributed by atoms with E-state index in [2.05, 4.69) is 36.0 Å². The van der Waals surface area contributed by atoms with Crippen molar-refractivity contribution in [3.05, 3.63) is 22.8 Å². The van der Waals surface area contributed by atoms with Gasteiger partial charge < -0.3 is 15.1 Å². The van der Waals surface area contributed by atoms with Crippen LogP contribution in [0.4, 0.5) is 5.82 Å². The van der Waals surface area contributed by atoms with Crippen LogP contribution in [0.2, 0.25) is 5.02 Å². The molecule has 0 spiro atoms. The van der Waals surface area contributed by atoms with E-state index in [9.17, 15) is 0 Å². The SMILES string of the molecule is CCNCc1nc(N2CCCN(C)CC2C)ccc1Cl. The molecule has 112 valence electrons. The number of nitrogens with zero attached hydrogens (tertiary/aromatic N) is 3. The Hall–Kier alpha value is -0.840. The minimum Gasteiger partial charge on any atom is -0.353 e. The third-order valence-corrected chi connectivity index (χ3v) is 4.13. The normalized spacial score (nSPS) is 21.0. The zero-order valence-electron chi connectivity index (χ0n) is 12.7. The fraction of sp³-hybridized carbons (Fsp3) is 0.667. The summed E-state index contributed by atoms with van der Waals surface area (Å²) in [6.07, 6.45) is 1.17. The lowest BCUT2D eigenvalue weighted by Crippen LogP contribution is -2.38. The van der Waals surface area contributed by atoms with Crippen LogP contribution in [-0.4, -0.2) is 49.2 Å². The average molecular weight is 297 g/mol. The quantitative estimate of drug-likeness (QED) is 0.924. The maximum atomic E-state index is 6.23. The molecule has 2 rings (SSSR count). The summed E-state index contributed by atoms with van der Waals surface area (Å²) in [5, 5.41) is 4.04. The van der Waals surface area contributed by atoms with Crippen molar-refractivity contribution in [1.82, 2.24) is 15.2 Å². The summed E-state index contributed by atoms with van der Waals surface area (Å²) < 4.78 is 0. The third kappa shape index (κ3) is 3.84. The molecule has 2 heterocycles. The molecule has 5 heteroatoms. The minimum atomic E-state index is 0.475. The fourth-order valence-corrected chi connectivity index (χ4v) is 2.88. The van der Waals surface area contributed by atoms with Crippen LogP contribution in [0.3, 0.4) is 0 Å². The van der Waals surface area contributed by atoms with E-state index in [1.807, 2.05) is 12.1 Å². The molecule has 0 aromatic carbocycles. The van der Waals surface area contributed by atoms with Crippen molar-refractivity contribution in [2.24, 2.45) is 0 Å². The summed E-state index contributed by atoms with van der Waals surface area (Å²) in [4.78, 5) is 9.55. The highest BCUT2D eigenvalue weighted by atomic mass is 35.5. The van der Waals surface area contributed by atoms with E-state index in [4.69, 9.17) is 16.6 Å². The van der Waals surface area contributed by atoms with Gasteiger partial charge in [-0.15, -0.1) is 0 Å². The van der Waals surface area contributed by atoms with Crippen molar-refractivity contribution in [3.63, 3.8) is 0 Å². The molecule has 20 heavy (non-hydrogen) atoms. The molecule has 0 aliphatic carbocycles. The van der Waals surface area contributed by atoms with Crippen LogP contribution in [0.15, 0.2) is 12.1 Å². The highest BCUT2D eigenvalue weighted by Gasteiger charge is 2.21. The number of nitrogens with one attached hydrogen (secondary N) is 1. The molecule has 0 radical (unpaired) electrons. The molecule has 1 aromatic heterocycles. The fourth-order valence-electron chi connectivity index (χ4n) is 2.71. The van der Waals surface area contributed by atoms with Crippen molar-refractivity contribution >= 4 is 17.4 Å². The molecule has 0 bridgehead atoms. The predicted octanol–water partition coefficient (Wildman–Crippen LogP) is 2.37. The topological polar surface area (TPSA) is 31.4 Å². The smallest absolute Gasteiger partial charge is 0.129 e. The van der Waals surface area contributed by atoms with Crippen molar-refractivity contribution in [1.29, 1.82) is 0 Å². The lowest BCUT2D eigenvalue weighted by atomic mass is 10.2. The first kappa shape index (κ1) is 15.5. The predicted molar refractivity (Wildman–Crippen MR) is 85.5 cm³/mol. The monoisotopic (exact) mass is 296 g/mol. The molecule has 1 aromatic rings. The first-order chi connectivity index (χ1) is 9.61. The summed E-state index contributed by atoms with van der Waals surface area (Å²) in [5.74, 6) is 1.05. The Kier molecular flexibility index (Phi) is 5.64. The first-order valence-electron chi connectivity index (χ1n) is 7.43. The number of aromatic nitrogens is 1. The second kappa shape index (κ2) is 7.25. The maximum absolute atomic E-state index is 6.23. The summed E-state index contributed by atoms with van der Waals surface area (Å²) in [5.41, 5.74) is 0.941. The second-order valence-electron chi connectivity index (χ2n) is 5.54. The number of halogens is 1. The molecule has 4 nitrogen and oxygen atoms in total. The molecule has 1 saturated heterocycles. The summed E-state index contributed by atoms with van der Waals surface area (Å²) >= 11 is 6.23. The number of anilines is 1. The molecule has 1 aliphatic rings. The van der Waals surface area contributed by atoms with Gasteiger partial charge in [-0.05, 0) is 45.6 Å². The van der Waals surface area contributed by atoms with Gasteiger partial charge in [0, 0.05) is 25.7 Å². The van der Waals surface area contributed by atoms with E-state index in [1.54, 1.807) is 0 Å². The van der Waals surface area contributed by atoms with Crippen LogP contribution in [0.25, 0.3) is 0 Å². The summed E-state index contributed by atoms with van der Waals surface area (Å²) in [7, 11) is 2.19. The maximum Gasteiger partial charge on any atom is 0.129 e. The number of hydrogen-bond acceptors (Lipinski definition) is 4. The van der Waals surface area contributed by atoms with Gasteiger partial charge in [0.1, 0.15) is 5.82 Å². The Bertz CT molecular complexity index is 438. The largest absolute Gasteiger partial charge is 0.353 e. The first-order valence-corrected chi connectivity index (χ1v) is 7.81. The molecular weight excluding hydrogens is 272 g/mol. The molecule has 1 fully saturated rings. The zero-order valence-corrected chi connectivity index (χ0v) is 13.5. The Morgan fingerprint density at radius 3 is 2.95 bits per heavy atom. The van der Waals surface area contributed by atoms with Crippen LogP contribution in [0, 0.1) is 0 Å². The Balaban J connectivity index is 2.18. The van der Waals surface area contributed by atoms with E-state index in [-0.39, 0.29) is 0 Å². The van der Waals surface area contributed by atoms with Crippen LogP contribution >= 0.6 is 11.6 Å². The van der Waals surface area contributed by atoms with E-state index in [0.29, 0.717) is 6.04 Å². The third-order valence-electron chi connectivity index (χ3n) is 3.79. The molecule has 1 unspecified atom stereocenters. The number of hydrogen-bond donors (Lipinski definition) is 1. The van der Waals surface area contributed by atoms with Gasteiger partial charge in [-0.1, -0.05) is 18.5 Å². The van der Waals surface area contributed by atoms with Crippen LogP contribution in [0.5, 0.6) is 0 Å². The number of pyridine rings is 1. The lowest BCUT2D eigenvalue weighted by molar-refractivity contribution is 0.337. The molecule has 1 aliphatic heterocycles. The van der Waals surface area contributed by atoms with Crippen molar-refractivity contribution in [3.8, 4) is 0 Å². The van der Waals surface area contributed by atoms with Gasteiger partial charge in [0.2, 0.25) is 0 Å². The van der Waals surface area contributed by atoms with E-state index < -0.39 is 0 Å². The highest BCUT2D eigenvalue weighted by molar-refractivity contribution is 6.31. The van der Waals surface area contributed by atoms with Crippen LogP contribution in [0.1, 0.15) is 26.0 Å². The van der Waals surface area contributed by atoms with Gasteiger partial charge in [0.05, 0.1) is 10.7 Å². The second-order valence-corrected chi connectivity index (χ2v) is 5.94. The molecule has 1 N–H and O–H groups in total. The molecular formula is C15H25ClN4. The Labute approximate surface area is 127 Å². The van der Waals surface area contributed by atoms with Crippen LogP contribution in [-0.2, 0) is 6.54 Å². The van der Waals surface area contributed by atoms with Crippen molar-refractivity contribution < 1.29 is 0 Å². The van der Waals surface area contributed by atoms with E-state index in [0.717, 1.165) is 49.3 Å². The summed E-state index contributed by atoms with van der Waals surface area (Å²) in [6, 6.07) is 4.49. The number of likely N-dealkylation sites (N-methyl/N-ethyl adjacent to an activating group) is 1. The molecule has 0 amide bonds. The summed E-state index contributed by atoms with van der Waals surface area (Å²) in [6.45, 7) is 9.29. The zero-order chi connectivity index (χ0) is 14.5. The van der Waals surface area contributed by atoms with Gasteiger partial charge in [-0.3, -0.25) is 0 Å². The van der Waals surface area contributed by atoms with E-state index >= 15 is 0 Å². The van der Waals surface area contributed by atoms with Gasteiger partial charge in [-0.25, -0.2) is 4.98 Å². The molecule has 0 saturated carbocycles. The Morgan fingerprint density at radius 2 is 2.20 bits per heavy atom. The van der Waals surface area contributed by atoms with Gasteiger partial charge in [-0.2, -0.15) is 0 Å². The highest BCUT2D eigenvalue weighted by Crippen LogP contribution is 2.22. The lowest BCUT2D eigenvalue weighted by Gasteiger charge is -2.29. The van der Waals surface area contributed by atoms with E-state index in [1.165, 1.54) is 6.42 Å². The van der Waals surface area contributed by atoms with Crippen molar-refractivity contribution in [2.75, 3.05) is 38.1 Å². The average Bonchev–Trinajstić information content (AvgIpc) is 2.59.